The molecule has 0 atom stereocenters. The molecule has 1 aliphatic heterocycles. The molecular weight excluding hydrogens is 366 g/mol. The second kappa shape index (κ2) is 9.27. The summed E-state index contributed by atoms with van der Waals surface area (Å²) in [6, 6.07) is 7.18. The number of carbonyl (C=O) groups is 2. The van der Waals surface area contributed by atoms with Crippen molar-refractivity contribution >= 4 is 11.9 Å². The lowest BCUT2D eigenvalue weighted by atomic mass is 9.98. The summed E-state index contributed by atoms with van der Waals surface area (Å²) in [6.45, 7) is 8.18. The fourth-order valence-electron chi connectivity index (χ4n) is 4.40. The van der Waals surface area contributed by atoms with Crippen LogP contribution in [0.4, 0.5) is 0 Å². The number of likely N-dealkylation sites (tertiary alicyclic amines) is 1. The molecule has 3 rings (SSSR count). The Kier molecular flexibility index (Phi) is 6.75. The van der Waals surface area contributed by atoms with E-state index in [0.29, 0.717) is 11.1 Å². The third-order valence-corrected chi connectivity index (χ3v) is 5.90. The van der Waals surface area contributed by atoms with Gasteiger partial charge in [0.1, 0.15) is 0 Å². The van der Waals surface area contributed by atoms with Crippen LogP contribution in [0.15, 0.2) is 24.3 Å². The van der Waals surface area contributed by atoms with Crippen molar-refractivity contribution in [2.45, 2.75) is 46.1 Å². The van der Waals surface area contributed by atoms with Crippen LogP contribution < -0.4 is 5.73 Å². The van der Waals surface area contributed by atoms with Crippen LogP contribution in [0.3, 0.4) is 0 Å². The van der Waals surface area contributed by atoms with Gasteiger partial charge in [-0.1, -0.05) is 25.5 Å². The van der Waals surface area contributed by atoms with E-state index in [2.05, 4.69) is 16.4 Å². The van der Waals surface area contributed by atoms with E-state index in [0.717, 1.165) is 55.1 Å². The number of hydrogen-bond donors (Lipinski definition) is 1. The Bertz CT molecular complexity index is 878. The predicted molar refractivity (Wildman–Crippen MR) is 114 cm³/mol. The normalized spacial score (nSPS) is 14.7. The molecular formula is C23H31N3O3. The van der Waals surface area contributed by atoms with Gasteiger partial charge in [0.2, 0.25) is 0 Å². The van der Waals surface area contributed by atoms with Gasteiger partial charge in [0.25, 0.3) is 5.91 Å². The summed E-state index contributed by atoms with van der Waals surface area (Å²) in [4.78, 5) is 26.6. The SMILES string of the molecule is CCc1c(-c2ccc(C(=O)OC)cc2)c(C(N)=O)c(C)n1CCN1CCCCC1. The molecule has 2 heterocycles. The van der Waals surface area contributed by atoms with Gasteiger partial charge in [0.05, 0.1) is 18.2 Å². The first-order valence-corrected chi connectivity index (χ1v) is 10.4. The number of rotatable bonds is 7. The molecule has 0 spiro atoms. The van der Waals surface area contributed by atoms with Gasteiger partial charge >= 0.3 is 5.97 Å². The van der Waals surface area contributed by atoms with E-state index >= 15 is 0 Å². The smallest absolute Gasteiger partial charge is 0.337 e. The molecule has 29 heavy (non-hydrogen) atoms. The van der Waals surface area contributed by atoms with Gasteiger partial charge in [0, 0.05) is 30.0 Å². The van der Waals surface area contributed by atoms with E-state index in [4.69, 9.17) is 10.5 Å². The monoisotopic (exact) mass is 397 g/mol. The maximum absolute atomic E-state index is 12.3. The van der Waals surface area contributed by atoms with E-state index < -0.39 is 5.91 Å². The van der Waals surface area contributed by atoms with Gasteiger partial charge in [-0.3, -0.25) is 4.79 Å². The summed E-state index contributed by atoms with van der Waals surface area (Å²) in [5, 5.41) is 0. The van der Waals surface area contributed by atoms with Gasteiger partial charge in [-0.05, 0) is 57.0 Å². The Morgan fingerprint density at radius 3 is 2.28 bits per heavy atom. The number of nitrogens with zero attached hydrogens (tertiary/aromatic N) is 2. The summed E-state index contributed by atoms with van der Waals surface area (Å²) < 4.78 is 7.03. The molecule has 0 unspecified atom stereocenters. The molecule has 6 heteroatoms. The number of hydrogen-bond acceptors (Lipinski definition) is 4. The van der Waals surface area contributed by atoms with Crippen LogP contribution in [-0.4, -0.2) is 48.1 Å². The zero-order valence-electron chi connectivity index (χ0n) is 17.7. The van der Waals surface area contributed by atoms with Crippen molar-refractivity contribution < 1.29 is 14.3 Å². The molecule has 1 fully saturated rings. The fraction of sp³-hybridized carbons (Fsp3) is 0.478. The first-order chi connectivity index (χ1) is 14.0. The topological polar surface area (TPSA) is 77.6 Å². The number of piperidine rings is 1. The van der Waals surface area contributed by atoms with Gasteiger partial charge in [0.15, 0.2) is 0 Å². The number of benzene rings is 1. The van der Waals surface area contributed by atoms with Gasteiger partial charge in [-0.2, -0.15) is 0 Å². The minimum Gasteiger partial charge on any atom is -0.465 e. The first kappa shape index (κ1) is 21.1. The Labute approximate surface area is 172 Å². The Hall–Kier alpha value is -2.60. The van der Waals surface area contributed by atoms with E-state index in [1.807, 2.05) is 19.1 Å². The average molecular weight is 398 g/mol. The average Bonchev–Trinajstić information content (AvgIpc) is 3.04. The van der Waals surface area contributed by atoms with E-state index in [1.165, 1.54) is 26.4 Å². The maximum atomic E-state index is 12.3. The minimum absolute atomic E-state index is 0.377. The molecule has 1 saturated heterocycles. The highest BCUT2D eigenvalue weighted by Gasteiger charge is 2.24. The molecule has 0 aliphatic carbocycles. The number of ether oxygens (including phenoxy) is 1. The van der Waals surface area contributed by atoms with Crippen LogP contribution in [0.1, 0.15) is 58.3 Å². The maximum Gasteiger partial charge on any atom is 0.337 e. The van der Waals surface area contributed by atoms with Crippen molar-refractivity contribution in [2.75, 3.05) is 26.7 Å². The summed E-state index contributed by atoms with van der Waals surface area (Å²) in [5.74, 6) is -0.793. The van der Waals surface area contributed by atoms with Crippen LogP contribution in [-0.2, 0) is 17.7 Å². The summed E-state index contributed by atoms with van der Waals surface area (Å²) in [6.07, 6.45) is 4.63. The van der Waals surface area contributed by atoms with E-state index in [1.54, 1.807) is 12.1 Å². The van der Waals surface area contributed by atoms with Crippen molar-refractivity contribution in [3.63, 3.8) is 0 Å². The quantitative estimate of drug-likeness (QED) is 0.727. The van der Waals surface area contributed by atoms with E-state index in [-0.39, 0.29) is 5.97 Å². The molecule has 0 saturated carbocycles. The standard InChI is InChI=1S/C23H31N3O3/c1-4-19-21(17-8-10-18(11-9-17)23(28)29-3)20(22(24)27)16(2)26(19)15-14-25-12-6-5-7-13-25/h8-11H,4-7,12-15H2,1-3H3,(H2,24,27). The van der Waals surface area contributed by atoms with Crippen molar-refractivity contribution in [3.05, 3.63) is 46.8 Å². The highest BCUT2D eigenvalue weighted by Crippen LogP contribution is 2.33. The number of aromatic nitrogens is 1. The molecule has 6 nitrogen and oxygen atoms in total. The molecule has 2 aromatic rings. The first-order valence-electron chi connectivity index (χ1n) is 10.4. The molecule has 2 N–H and O–H groups in total. The molecule has 0 bridgehead atoms. The van der Waals surface area contributed by atoms with Crippen molar-refractivity contribution in [2.24, 2.45) is 5.73 Å². The van der Waals surface area contributed by atoms with Gasteiger partial charge < -0.3 is 19.9 Å². The van der Waals surface area contributed by atoms with Crippen LogP contribution in [0.2, 0.25) is 0 Å². The predicted octanol–water partition coefficient (Wildman–Crippen LogP) is 3.40. The van der Waals surface area contributed by atoms with Crippen molar-refractivity contribution in [3.8, 4) is 11.1 Å². The zero-order chi connectivity index (χ0) is 21.0. The van der Waals surface area contributed by atoms with Crippen molar-refractivity contribution in [1.82, 2.24) is 9.47 Å². The lowest BCUT2D eigenvalue weighted by Gasteiger charge is -2.27. The molecule has 1 aromatic carbocycles. The molecule has 1 amide bonds. The third-order valence-electron chi connectivity index (χ3n) is 5.90. The molecule has 0 radical (unpaired) electrons. The largest absolute Gasteiger partial charge is 0.465 e. The number of nitrogens with two attached hydrogens (primary N) is 1. The van der Waals surface area contributed by atoms with Crippen LogP contribution in [0.5, 0.6) is 0 Å². The summed E-state index contributed by atoms with van der Waals surface area (Å²) in [5.41, 5.74) is 10.6. The zero-order valence-corrected chi connectivity index (χ0v) is 17.7. The molecule has 156 valence electrons. The number of amides is 1. The third kappa shape index (κ3) is 4.37. The lowest BCUT2D eigenvalue weighted by Crippen LogP contribution is -2.33. The minimum atomic E-state index is -0.416. The Balaban J connectivity index is 1.99. The Morgan fingerprint density at radius 1 is 1.07 bits per heavy atom. The van der Waals surface area contributed by atoms with Gasteiger partial charge in [-0.25, -0.2) is 4.79 Å². The van der Waals surface area contributed by atoms with E-state index in [9.17, 15) is 9.59 Å². The second-order valence-electron chi connectivity index (χ2n) is 7.62. The summed E-state index contributed by atoms with van der Waals surface area (Å²) in [7, 11) is 1.36. The lowest BCUT2D eigenvalue weighted by molar-refractivity contribution is 0.0600. The number of methoxy groups -OCH3 is 1. The van der Waals surface area contributed by atoms with Crippen LogP contribution in [0, 0.1) is 6.92 Å². The number of esters is 1. The van der Waals surface area contributed by atoms with Crippen molar-refractivity contribution in [1.29, 1.82) is 0 Å². The Morgan fingerprint density at radius 2 is 1.72 bits per heavy atom. The van der Waals surface area contributed by atoms with Gasteiger partial charge in [-0.15, -0.1) is 0 Å². The highest BCUT2D eigenvalue weighted by atomic mass is 16.5. The van der Waals surface area contributed by atoms with Crippen LogP contribution in [0.25, 0.3) is 11.1 Å². The highest BCUT2D eigenvalue weighted by molar-refractivity contribution is 6.02. The van der Waals surface area contributed by atoms with Crippen LogP contribution >= 0.6 is 0 Å². The fourth-order valence-corrected chi connectivity index (χ4v) is 4.40. The number of carbonyl (C=O) groups excluding carboxylic acids is 2. The summed E-state index contributed by atoms with van der Waals surface area (Å²) >= 11 is 0. The molecule has 1 aromatic heterocycles. The second-order valence-corrected chi connectivity index (χ2v) is 7.62. The number of primary amides is 1. The molecule has 1 aliphatic rings.